The molecule has 4 amide bonds. The number of nitrogens with two attached hydrogens (primary N) is 2. The van der Waals surface area contributed by atoms with Gasteiger partial charge in [-0.1, -0.05) is 0 Å². The summed E-state index contributed by atoms with van der Waals surface area (Å²) in [6.45, 7) is -0.887. The van der Waals surface area contributed by atoms with Crippen LogP contribution in [0, 0.1) is 0 Å². The number of carboxylic acid groups (broad SMARTS) is 2. The van der Waals surface area contributed by atoms with Crippen molar-refractivity contribution < 1.29 is 44.1 Å². The van der Waals surface area contributed by atoms with Gasteiger partial charge in [0.15, 0.2) is 0 Å². The van der Waals surface area contributed by atoms with Crippen molar-refractivity contribution in [3.8, 4) is 0 Å². The van der Waals surface area contributed by atoms with Crippen LogP contribution in [0.25, 0.3) is 0 Å². The molecule has 182 valence electrons. The van der Waals surface area contributed by atoms with Crippen LogP contribution in [0.3, 0.4) is 0 Å². The number of thioether (sulfide) groups is 1. The summed E-state index contributed by atoms with van der Waals surface area (Å²) in [6, 6.07) is -5.72. The van der Waals surface area contributed by atoms with Gasteiger partial charge in [0.2, 0.25) is 23.6 Å². The molecule has 0 aliphatic carbocycles. The number of carbonyl (C=O) groups excluding carboxylic acids is 4. The maximum atomic E-state index is 12.6. The molecule has 0 rings (SSSR count). The lowest BCUT2D eigenvalue weighted by atomic mass is 10.1. The van der Waals surface area contributed by atoms with Crippen LogP contribution < -0.4 is 27.4 Å². The summed E-state index contributed by atoms with van der Waals surface area (Å²) in [6.07, 6.45) is 0.508. The lowest BCUT2D eigenvalue weighted by Gasteiger charge is -2.24. The van der Waals surface area contributed by atoms with Crippen molar-refractivity contribution in [2.24, 2.45) is 11.5 Å². The van der Waals surface area contributed by atoms with Gasteiger partial charge in [-0.25, -0.2) is 4.79 Å². The van der Waals surface area contributed by atoms with E-state index in [9.17, 15) is 39.0 Å². The molecule has 32 heavy (non-hydrogen) atoms. The number of rotatable bonds is 16. The Morgan fingerprint density at radius 2 is 1.41 bits per heavy atom. The molecule has 0 aliphatic rings. The summed E-state index contributed by atoms with van der Waals surface area (Å²) in [4.78, 5) is 70.0. The zero-order valence-corrected chi connectivity index (χ0v) is 18.2. The highest BCUT2D eigenvalue weighted by atomic mass is 32.2. The molecule has 0 aromatic heterocycles. The van der Waals surface area contributed by atoms with Crippen molar-refractivity contribution in [3.05, 3.63) is 0 Å². The number of carboxylic acids is 2. The fraction of sp³-hybridized carbons (Fsp3) is 0.647. The van der Waals surface area contributed by atoms with Crippen LogP contribution in [0.4, 0.5) is 0 Å². The van der Waals surface area contributed by atoms with Crippen LogP contribution >= 0.6 is 11.8 Å². The SMILES string of the molecule is CSCCC(NC(=O)C(CO)NC(=O)C(CCC(N)=O)NC(=O)C(N)CC(=O)O)C(=O)O. The van der Waals surface area contributed by atoms with Crippen LogP contribution in [0.2, 0.25) is 0 Å². The predicted molar refractivity (Wildman–Crippen MR) is 112 cm³/mol. The van der Waals surface area contributed by atoms with E-state index in [1.807, 2.05) is 0 Å². The van der Waals surface area contributed by atoms with E-state index in [1.54, 1.807) is 6.26 Å². The summed E-state index contributed by atoms with van der Waals surface area (Å²) in [7, 11) is 0. The standard InChI is InChI=1S/C17H29N5O9S/c1-32-5-4-10(17(30)31)21-16(29)11(7-23)22-15(28)9(2-3-12(19)24)20-14(27)8(18)6-13(25)26/h8-11,23H,2-7,18H2,1H3,(H2,19,24)(H,20,27)(H,21,29)(H,22,28)(H,25,26)(H,30,31). The maximum Gasteiger partial charge on any atom is 0.326 e. The Bertz CT molecular complexity index is 706. The van der Waals surface area contributed by atoms with Crippen LogP contribution in [-0.2, 0) is 28.8 Å². The first-order valence-electron chi connectivity index (χ1n) is 9.42. The molecule has 0 spiro atoms. The van der Waals surface area contributed by atoms with Crippen LogP contribution in [0.5, 0.6) is 0 Å². The maximum absolute atomic E-state index is 12.6. The lowest BCUT2D eigenvalue weighted by molar-refractivity contribution is -0.142. The van der Waals surface area contributed by atoms with Crippen molar-refractivity contribution in [1.82, 2.24) is 16.0 Å². The number of aliphatic carboxylic acids is 2. The van der Waals surface area contributed by atoms with E-state index in [-0.39, 0.29) is 19.3 Å². The van der Waals surface area contributed by atoms with Crippen molar-refractivity contribution >= 4 is 47.3 Å². The molecule has 0 aromatic carbocycles. The zero-order valence-electron chi connectivity index (χ0n) is 17.4. The highest BCUT2D eigenvalue weighted by Crippen LogP contribution is 2.03. The van der Waals surface area contributed by atoms with Crippen LogP contribution in [0.15, 0.2) is 0 Å². The van der Waals surface area contributed by atoms with Gasteiger partial charge in [-0.15, -0.1) is 0 Å². The average Bonchev–Trinajstić information content (AvgIpc) is 2.70. The van der Waals surface area contributed by atoms with E-state index >= 15 is 0 Å². The van der Waals surface area contributed by atoms with E-state index in [1.165, 1.54) is 11.8 Å². The Hall–Kier alpha value is -2.91. The molecule has 0 fully saturated rings. The van der Waals surface area contributed by atoms with Gasteiger partial charge >= 0.3 is 11.9 Å². The quantitative estimate of drug-likeness (QED) is 0.107. The number of primary amides is 1. The largest absolute Gasteiger partial charge is 0.481 e. The normalized spacial score (nSPS) is 14.3. The second-order valence-electron chi connectivity index (χ2n) is 6.70. The summed E-state index contributed by atoms with van der Waals surface area (Å²) in [5, 5.41) is 33.9. The Kier molecular flexibility index (Phi) is 13.6. The molecule has 10 N–H and O–H groups in total. The minimum atomic E-state index is -1.56. The van der Waals surface area contributed by atoms with Gasteiger partial charge in [0.1, 0.15) is 18.1 Å². The minimum absolute atomic E-state index is 0.104. The van der Waals surface area contributed by atoms with E-state index in [4.69, 9.17) is 16.6 Å². The van der Waals surface area contributed by atoms with Crippen molar-refractivity contribution in [2.75, 3.05) is 18.6 Å². The molecule has 0 heterocycles. The zero-order chi connectivity index (χ0) is 24.8. The van der Waals surface area contributed by atoms with E-state index in [0.717, 1.165) is 0 Å². The highest BCUT2D eigenvalue weighted by Gasteiger charge is 2.30. The van der Waals surface area contributed by atoms with Gasteiger partial charge in [-0.05, 0) is 24.9 Å². The van der Waals surface area contributed by atoms with Crippen molar-refractivity contribution in [1.29, 1.82) is 0 Å². The summed E-state index contributed by atoms with van der Waals surface area (Å²) in [5.74, 6) is -5.96. The second kappa shape index (κ2) is 15.0. The molecule has 0 bridgehead atoms. The molecule has 14 nitrogen and oxygen atoms in total. The van der Waals surface area contributed by atoms with Crippen molar-refractivity contribution in [3.63, 3.8) is 0 Å². The Morgan fingerprint density at radius 1 is 0.875 bits per heavy atom. The topological polar surface area (TPSA) is 251 Å². The monoisotopic (exact) mass is 479 g/mol. The number of amides is 4. The summed E-state index contributed by atoms with van der Waals surface area (Å²) >= 11 is 1.36. The summed E-state index contributed by atoms with van der Waals surface area (Å²) < 4.78 is 0. The molecule has 0 aliphatic heterocycles. The number of carbonyl (C=O) groups is 6. The molecule has 4 atom stereocenters. The molecule has 0 saturated heterocycles. The van der Waals surface area contributed by atoms with Gasteiger partial charge in [-0.2, -0.15) is 11.8 Å². The van der Waals surface area contributed by atoms with Gasteiger partial charge in [0.25, 0.3) is 0 Å². The van der Waals surface area contributed by atoms with Crippen molar-refractivity contribution in [2.45, 2.75) is 49.9 Å². The fourth-order valence-corrected chi connectivity index (χ4v) is 2.82. The molecule has 0 saturated carbocycles. The van der Waals surface area contributed by atoms with Gasteiger partial charge in [0.05, 0.1) is 19.1 Å². The number of hydrogen-bond acceptors (Lipinski definition) is 9. The van der Waals surface area contributed by atoms with Crippen LogP contribution in [0.1, 0.15) is 25.7 Å². The van der Waals surface area contributed by atoms with E-state index < -0.39 is 72.8 Å². The number of aliphatic hydroxyl groups is 1. The summed E-state index contributed by atoms with van der Waals surface area (Å²) in [5.41, 5.74) is 10.5. The first kappa shape index (κ1) is 29.1. The van der Waals surface area contributed by atoms with E-state index in [2.05, 4.69) is 16.0 Å². The van der Waals surface area contributed by atoms with Gasteiger partial charge in [0, 0.05) is 6.42 Å². The van der Waals surface area contributed by atoms with Gasteiger partial charge < -0.3 is 42.7 Å². The first-order chi connectivity index (χ1) is 14.9. The second-order valence-corrected chi connectivity index (χ2v) is 7.68. The Balaban J connectivity index is 5.27. The van der Waals surface area contributed by atoms with Gasteiger partial charge in [-0.3, -0.25) is 24.0 Å². The smallest absolute Gasteiger partial charge is 0.326 e. The number of hydrogen-bond donors (Lipinski definition) is 8. The third kappa shape index (κ3) is 11.5. The third-order valence-corrected chi connectivity index (χ3v) is 4.73. The minimum Gasteiger partial charge on any atom is -0.481 e. The number of aliphatic hydroxyl groups excluding tert-OH is 1. The molecular weight excluding hydrogens is 450 g/mol. The molecular formula is C17H29N5O9S. The molecule has 0 radical (unpaired) electrons. The average molecular weight is 480 g/mol. The lowest BCUT2D eigenvalue weighted by Crippen LogP contribution is -2.58. The predicted octanol–water partition coefficient (Wildman–Crippen LogP) is -3.66. The Morgan fingerprint density at radius 3 is 1.88 bits per heavy atom. The number of nitrogens with one attached hydrogen (secondary N) is 3. The molecule has 4 unspecified atom stereocenters. The fourth-order valence-electron chi connectivity index (χ4n) is 2.35. The molecule has 0 aromatic rings. The van der Waals surface area contributed by atoms with Crippen LogP contribution in [-0.4, -0.2) is 93.7 Å². The third-order valence-electron chi connectivity index (χ3n) is 4.08. The van der Waals surface area contributed by atoms with E-state index in [0.29, 0.717) is 5.75 Å². The first-order valence-corrected chi connectivity index (χ1v) is 10.8. The highest BCUT2D eigenvalue weighted by molar-refractivity contribution is 7.98. The molecule has 15 heteroatoms. The Labute approximate surface area is 187 Å².